The van der Waals surface area contributed by atoms with Crippen LogP contribution in [-0.4, -0.2) is 32.3 Å². The fraction of sp³-hybridized carbons (Fsp3) is 0.0400. The molecule has 0 spiro atoms. The van der Waals surface area contributed by atoms with E-state index in [0.29, 0.717) is 43.6 Å². The lowest BCUT2D eigenvalue weighted by molar-refractivity contribution is 0.0691. The quantitative estimate of drug-likeness (QED) is 0.349. The Hall–Kier alpha value is -4.11. The Balaban J connectivity index is 1.61. The van der Waals surface area contributed by atoms with Crippen LogP contribution in [0.3, 0.4) is 0 Å². The average molecular weight is 477 g/mol. The van der Waals surface area contributed by atoms with E-state index < -0.39 is 28.6 Å². The first-order chi connectivity index (χ1) is 16.3. The Labute approximate surface area is 195 Å². The maximum atomic E-state index is 13.9. The van der Waals surface area contributed by atoms with Crippen molar-refractivity contribution in [3.8, 4) is 11.3 Å². The molecule has 2 N–H and O–H groups in total. The molecular formula is C25H17F2N3O3S. The molecule has 0 aliphatic rings. The molecule has 1 unspecified atom stereocenters. The maximum absolute atomic E-state index is 13.9. The van der Waals surface area contributed by atoms with Gasteiger partial charge in [0.2, 0.25) is 0 Å². The van der Waals surface area contributed by atoms with E-state index in [1.54, 1.807) is 47.8 Å². The number of anilines is 1. The highest BCUT2D eigenvalue weighted by molar-refractivity contribution is 7.86. The van der Waals surface area contributed by atoms with Crippen LogP contribution >= 0.6 is 0 Å². The molecule has 6 nitrogen and oxygen atoms in total. The number of hydrogen-bond donors (Lipinski definition) is 2. The third-order valence-electron chi connectivity index (χ3n) is 5.55. The molecule has 1 atom stereocenters. The van der Waals surface area contributed by atoms with E-state index in [0.717, 1.165) is 12.1 Å². The summed E-state index contributed by atoms with van der Waals surface area (Å²) in [5, 5.41) is 10.3. The van der Waals surface area contributed by atoms with Crippen molar-refractivity contribution in [1.82, 2.24) is 9.97 Å². The fourth-order valence-corrected chi connectivity index (χ4v) is 4.85. The van der Waals surface area contributed by atoms with Gasteiger partial charge >= 0.3 is 5.97 Å². The SMILES string of the molecule is CN(c1ccc(-c2nc(C(=O)O)cc3c2[nH]c2cc(F)c(F)cc23)cc1)S(=O)c1ccccc1. The maximum Gasteiger partial charge on any atom is 0.354 e. The van der Waals surface area contributed by atoms with Crippen molar-refractivity contribution in [3.63, 3.8) is 0 Å². The number of carboxylic acids is 1. The first kappa shape index (κ1) is 21.7. The number of nitrogens with one attached hydrogen (secondary N) is 1. The van der Waals surface area contributed by atoms with E-state index in [2.05, 4.69) is 9.97 Å². The summed E-state index contributed by atoms with van der Waals surface area (Å²) in [5.41, 5.74) is 2.15. The Morgan fingerprint density at radius 3 is 2.32 bits per heavy atom. The third kappa shape index (κ3) is 3.69. The predicted octanol–water partition coefficient (Wildman–Crippen LogP) is 5.52. The summed E-state index contributed by atoms with van der Waals surface area (Å²) >= 11 is 0. The molecule has 0 saturated carbocycles. The van der Waals surface area contributed by atoms with Gasteiger partial charge in [-0.1, -0.05) is 30.3 Å². The lowest BCUT2D eigenvalue weighted by Gasteiger charge is -2.18. The molecule has 0 radical (unpaired) electrons. The van der Waals surface area contributed by atoms with Gasteiger partial charge in [-0.05, 0) is 36.4 Å². The molecule has 0 fully saturated rings. The summed E-state index contributed by atoms with van der Waals surface area (Å²) in [6.45, 7) is 0. The zero-order valence-corrected chi connectivity index (χ0v) is 18.6. The molecule has 0 amide bonds. The van der Waals surface area contributed by atoms with Crippen LogP contribution < -0.4 is 4.31 Å². The fourth-order valence-electron chi connectivity index (χ4n) is 3.83. The number of rotatable bonds is 5. The number of nitrogens with zero attached hydrogens (tertiary/aromatic N) is 2. The van der Waals surface area contributed by atoms with E-state index in [9.17, 15) is 22.9 Å². The number of carboxylic acid groups (broad SMARTS) is 1. The average Bonchev–Trinajstić information content (AvgIpc) is 3.20. The molecule has 5 aromatic rings. The van der Waals surface area contributed by atoms with E-state index in [-0.39, 0.29) is 5.69 Å². The van der Waals surface area contributed by atoms with Crippen LogP contribution in [0.4, 0.5) is 14.5 Å². The van der Waals surface area contributed by atoms with Crippen LogP contribution in [0.15, 0.2) is 77.7 Å². The van der Waals surface area contributed by atoms with Crippen LogP contribution in [0.5, 0.6) is 0 Å². The summed E-state index contributed by atoms with van der Waals surface area (Å²) in [6, 6.07) is 19.4. The van der Waals surface area contributed by atoms with Crippen LogP contribution in [0.2, 0.25) is 0 Å². The number of halogens is 2. The third-order valence-corrected chi connectivity index (χ3v) is 6.93. The first-order valence-corrected chi connectivity index (χ1v) is 11.3. The minimum absolute atomic E-state index is 0.223. The second-order valence-electron chi connectivity index (χ2n) is 7.63. The second-order valence-corrected chi connectivity index (χ2v) is 9.14. The van der Waals surface area contributed by atoms with Gasteiger partial charge in [0.15, 0.2) is 22.6 Å². The lowest BCUT2D eigenvalue weighted by Crippen LogP contribution is -2.20. The van der Waals surface area contributed by atoms with Crippen LogP contribution in [0, 0.1) is 11.6 Å². The minimum atomic E-state index is -1.41. The van der Waals surface area contributed by atoms with Gasteiger partial charge in [-0.3, -0.25) is 4.31 Å². The molecule has 170 valence electrons. The molecule has 9 heteroatoms. The van der Waals surface area contributed by atoms with E-state index in [4.69, 9.17) is 0 Å². The number of pyridine rings is 1. The molecule has 2 aromatic heterocycles. The Kier molecular flexibility index (Phi) is 5.33. The topological polar surface area (TPSA) is 86.3 Å². The van der Waals surface area contributed by atoms with Gasteiger partial charge in [-0.2, -0.15) is 0 Å². The van der Waals surface area contributed by atoms with Gasteiger partial charge in [-0.25, -0.2) is 22.8 Å². The highest BCUT2D eigenvalue weighted by atomic mass is 32.2. The number of H-pyrrole nitrogens is 1. The zero-order chi connectivity index (χ0) is 24.0. The van der Waals surface area contributed by atoms with Crippen molar-refractivity contribution in [1.29, 1.82) is 0 Å². The summed E-state index contributed by atoms with van der Waals surface area (Å²) in [6.07, 6.45) is 0. The monoisotopic (exact) mass is 477 g/mol. The molecule has 0 saturated heterocycles. The van der Waals surface area contributed by atoms with E-state index >= 15 is 0 Å². The van der Waals surface area contributed by atoms with Crippen molar-refractivity contribution in [2.75, 3.05) is 11.4 Å². The van der Waals surface area contributed by atoms with Gasteiger partial charge in [0.1, 0.15) is 5.69 Å². The minimum Gasteiger partial charge on any atom is -0.477 e. The second kappa shape index (κ2) is 8.35. The lowest BCUT2D eigenvalue weighted by atomic mass is 10.1. The van der Waals surface area contributed by atoms with E-state index in [1.807, 2.05) is 18.2 Å². The van der Waals surface area contributed by atoms with Gasteiger partial charge in [0.25, 0.3) is 0 Å². The molecular weight excluding hydrogens is 460 g/mol. The molecule has 0 bridgehead atoms. The van der Waals surface area contributed by atoms with Crippen molar-refractivity contribution in [2.24, 2.45) is 0 Å². The van der Waals surface area contributed by atoms with Crippen LogP contribution in [0.1, 0.15) is 10.5 Å². The molecule has 2 heterocycles. The number of carbonyl (C=O) groups is 1. The van der Waals surface area contributed by atoms with Gasteiger partial charge in [-0.15, -0.1) is 0 Å². The number of aromatic amines is 1. The highest BCUT2D eigenvalue weighted by Crippen LogP contribution is 2.34. The molecule has 3 aromatic carbocycles. The largest absolute Gasteiger partial charge is 0.477 e. The van der Waals surface area contributed by atoms with E-state index in [1.165, 1.54) is 6.07 Å². The number of fused-ring (bicyclic) bond motifs is 3. The molecule has 5 rings (SSSR count). The Morgan fingerprint density at radius 1 is 0.971 bits per heavy atom. The standard InChI is InChI=1S/C25H17F2N3O3S/c1-30(34(33)16-5-3-2-4-6-16)15-9-7-14(8-10-15)23-24-18(12-22(29-23)25(31)32)17-11-19(26)20(27)13-21(17)28-24/h2-13,28H,1H3,(H,31,32). The van der Waals surface area contributed by atoms with Crippen molar-refractivity contribution in [2.45, 2.75) is 4.90 Å². The van der Waals surface area contributed by atoms with Crippen molar-refractivity contribution in [3.05, 3.63) is 90.1 Å². The predicted molar refractivity (Wildman–Crippen MR) is 127 cm³/mol. The van der Waals surface area contributed by atoms with Gasteiger partial charge in [0, 0.05) is 40.7 Å². The Morgan fingerprint density at radius 2 is 1.65 bits per heavy atom. The zero-order valence-electron chi connectivity index (χ0n) is 17.8. The van der Waals surface area contributed by atoms with Crippen molar-refractivity contribution >= 4 is 44.4 Å². The number of aromatic nitrogens is 2. The summed E-state index contributed by atoms with van der Waals surface area (Å²) in [5.74, 6) is -3.28. The van der Waals surface area contributed by atoms with Crippen LogP contribution in [-0.2, 0) is 11.0 Å². The Bertz CT molecular complexity index is 1580. The molecule has 0 aliphatic heterocycles. The number of hydrogen-bond acceptors (Lipinski definition) is 3. The molecule has 0 aliphatic carbocycles. The molecule has 34 heavy (non-hydrogen) atoms. The normalized spacial score (nSPS) is 12.2. The summed E-state index contributed by atoms with van der Waals surface area (Å²) < 4.78 is 42.1. The number of aromatic carboxylic acids is 1. The first-order valence-electron chi connectivity index (χ1n) is 10.2. The summed E-state index contributed by atoms with van der Waals surface area (Å²) in [4.78, 5) is 19.7. The van der Waals surface area contributed by atoms with Crippen molar-refractivity contribution < 1.29 is 22.9 Å². The smallest absolute Gasteiger partial charge is 0.354 e. The highest BCUT2D eigenvalue weighted by Gasteiger charge is 2.19. The van der Waals surface area contributed by atoms with Gasteiger partial charge < -0.3 is 10.1 Å². The van der Waals surface area contributed by atoms with Gasteiger partial charge in [0.05, 0.1) is 16.1 Å². The summed E-state index contributed by atoms with van der Waals surface area (Å²) in [7, 11) is 0.294. The number of benzene rings is 3. The van der Waals surface area contributed by atoms with Crippen LogP contribution in [0.25, 0.3) is 33.1 Å².